The van der Waals surface area contributed by atoms with Gasteiger partial charge in [-0.05, 0) is 38.5 Å². The van der Waals surface area contributed by atoms with E-state index in [9.17, 15) is 14.3 Å². The smallest absolute Gasteiger partial charge is 0.457 e. The monoisotopic (exact) mass is 816 g/mol. The van der Waals surface area contributed by atoms with E-state index in [1.807, 2.05) is 0 Å². The van der Waals surface area contributed by atoms with E-state index in [2.05, 4.69) is 26.0 Å². The van der Waals surface area contributed by atoms with Crippen molar-refractivity contribution < 1.29 is 32.8 Å². The largest absolute Gasteiger partial charge is 0.472 e. The second-order valence-corrected chi connectivity index (χ2v) is 17.8. The van der Waals surface area contributed by atoms with Gasteiger partial charge in [0.25, 0.3) is 0 Å². The standard InChI is InChI=1S/C47H94NO7P/c1-3-5-7-9-11-13-15-17-19-21-22-23-25-27-29-31-33-35-37-39-42-52-44-46(45-54-56(50,51)53-43-41-48)55-47(49)40-38-36-34-32-30-28-26-24-20-18-16-14-12-10-8-6-4-2/h18,20,46H,3-17,19,21-45,48H2,1-2H3,(H,50,51)/b20-18-. The average molecular weight is 816 g/mol. The normalized spacial score (nSPS) is 13.4. The van der Waals surface area contributed by atoms with Gasteiger partial charge in [0, 0.05) is 19.6 Å². The first-order chi connectivity index (χ1) is 27.4. The van der Waals surface area contributed by atoms with Crippen molar-refractivity contribution in [2.75, 3.05) is 33.0 Å². The quantitative estimate of drug-likeness (QED) is 0.0270. The van der Waals surface area contributed by atoms with Crippen LogP contribution in [0.5, 0.6) is 0 Å². The number of hydrogen-bond acceptors (Lipinski definition) is 7. The van der Waals surface area contributed by atoms with Gasteiger partial charge >= 0.3 is 13.8 Å². The van der Waals surface area contributed by atoms with E-state index in [-0.39, 0.29) is 32.3 Å². The Kier molecular flexibility index (Phi) is 44.7. The van der Waals surface area contributed by atoms with Crippen LogP contribution in [0.25, 0.3) is 0 Å². The SMILES string of the molecule is CCCCCCCC/C=C\CCCCCCCCCC(=O)OC(COCCCCCCCCCCCCCCCCCCCCCC)COP(=O)(O)OCCN. The summed E-state index contributed by atoms with van der Waals surface area (Å²) in [7, 11) is -4.27. The summed E-state index contributed by atoms with van der Waals surface area (Å²) in [4.78, 5) is 22.5. The van der Waals surface area contributed by atoms with Crippen LogP contribution in [0.15, 0.2) is 12.2 Å². The molecule has 0 aliphatic heterocycles. The molecule has 334 valence electrons. The van der Waals surface area contributed by atoms with Gasteiger partial charge in [-0.1, -0.05) is 212 Å². The van der Waals surface area contributed by atoms with Crippen molar-refractivity contribution in [2.24, 2.45) is 5.73 Å². The number of phosphoric acid groups is 1. The molecule has 0 aromatic carbocycles. The van der Waals surface area contributed by atoms with Crippen LogP contribution in [0, 0.1) is 0 Å². The summed E-state index contributed by atoms with van der Waals surface area (Å²) in [6.45, 7) is 4.97. The van der Waals surface area contributed by atoms with Crippen molar-refractivity contribution in [3.8, 4) is 0 Å². The van der Waals surface area contributed by atoms with Crippen LogP contribution in [0.1, 0.15) is 245 Å². The van der Waals surface area contributed by atoms with E-state index >= 15 is 0 Å². The number of phosphoric ester groups is 1. The fraction of sp³-hybridized carbons (Fsp3) is 0.936. The van der Waals surface area contributed by atoms with E-state index in [4.69, 9.17) is 24.3 Å². The molecule has 8 nitrogen and oxygen atoms in total. The lowest BCUT2D eigenvalue weighted by atomic mass is 10.0. The zero-order valence-corrected chi connectivity index (χ0v) is 38.0. The second kappa shape index (κ2) is 45.3. The molecular weight excluding hydrogens is 721 g/mol. The van der Waals surface area contributed by atoms with Crippen LogP contribution in [-0.2, 0) is 27.9 Å². The summed E-state index contributed by atoms with van der Waals surface area (Å²) in [6, 6.07) is 0. The average Bonchev–Trinajstić information content (AvgIpc) is 3.19. The first kappa shape index (κ1) is 55.2. The van der Waals surface area contributed by atoms with Crippen LogP contribution < -0.4 is 5.73 Å². The molecule has 0 bridgehead atoms. The Morgan fingerprint density at radius 3 is 1.30 bits per heavy atom. The van der Waals surface area contributed by atoms with Gasteiger partial charge < -0.3 is 20.1 Å². The maximum Gasteiger partial charge on any atom is 0.472 e. The molecule has 0 aromatic rings. The van der Waals surface area contributed by atoms with Crippen molar-refractivity contribution in [1.29, 1.82) is 0 Å². The third-order valence-corrected chi connectivity index (χ3v) is 11.7. The summed E-state index contributed by atoms with van der Waals surface area (Å²) in [5.74, 6) is -0.329. The Balaban J connectivity index is 3.93. The van der Waals surface area contributed by atoms with E-state index in [1.165, 1.54) is 193 Å². The number of hydrogen-bond donors (Lipinski definition) is 2. The highest BCUT2D eigenvalue weighted by atomic mass is 31.2. The molecule has 0 spiro atoms. The maximum atomic E-state index is 12.6. The molecule has 0 aromatic heterocycles. The Hall–Kier alpha value is -0.760. The van der Waals surface area contributed by atoms with Crippen LogP contribution in [0.4, 0.5) is 0 Å². The van der Waals surface area contributed by atoms with Crippen LogP contribution in [0.2, 0.25) is 0 Å². The van der Waals surface area contributed by atoms with Crippen molar-refractivity contribution in [1.82, 2.24) is 0 Å². The van der Waals surface area contributed by atoms with Gasteiger partial charge in [0.05, 0.1) is 19.8 Å². The summed E-state index contributed by atoms with van der Waals surface area (Å²) in [5, 5.41) is 0. The van der Waals surface area contributed by atoms with Gasteiger partial charge in [-0.15, -0.1) is 0 Å². The maximum absolute atomic E-state index is 12.6. The molecule has 9 heteroatoms. The number of rotatable bonds is 47. The number of esters is 1. The van der Waals surface area contributed by atoms with Gasteiger partial charge in [0.1, 0.15) is 6.10 Å². The van der Waals surface area contributed by atoms with Crippen molar-refractivity contribution >= 4 is 13.8 Å². The Labute approximate surface area is 347 Å². The molecule has 56 heavy (non-hydrogen) atoms. The predicted molar refractivity (Wildman–Crippen MR) is 238 cm³/mol. The predicted octanol–water partition coefficient (Wildman–Crippen LogP) is 14.6. The van der Waals surface area contributed by atoms with Crippen LogP contribution in [-0.4, -0.2) is 49.9 Å². The number of carbonyl (C=O) groups is 1. The summed E-state index contributed by atoms with van der Waals surface area (Å²) < 4.78 is 33.5. The molecule has 0 radical (unpaired) electrons. The summed E-state index contributed by atoms with van der Waals surface area (Å²) in [5.41, 5.74) is 5.38. The minimum Gasteiger partial charge on any atom is -0.457 e. The van der Waals surface area contributed by atoms with Crippen molar-refractivity contribution in [3.05, 3.63) is 12.2 Å². The van der Waals surface area contributed by atoms with E-state index in [1.54, 1.807) is 0 Å². The highest BCUT2D eigenvalue weighted by molar-refractivity contribution is 7.47. The fourth-order valence-corrected chi connectivity index (χ4v) is 7.88. The van der Waals surface area contributed by atoms with E-state index < -0.39 is 13.9 Å². The summed E-state index contributed by atoms with van der Waals surface area (Å²) >= 11 is 0. The topological polar surface area (TPSA) is 117 Å². The lowest BCUT2D eigenvalue weighted by Crippen LogP contribution is -2.28. The zero-order chi connectivity index (χ0) is 40.9. The second-order valence-electron chi connectivity index (χ2n) is 16.3. The number of carbonyl (C=O) groups excluding carboxylic acids is 1. The zero-order valence-electron chi connectivity index (χ0n) is 37.1. The van der Waals surface area contributed by atoms with Gasteiger partial charge in [-0.2, -0.15) is 0 Å². The fourth-order valence-electron chi connectivity index (χ4n) is 7.11. The highest BCUT2D eigenvalue weighted by Crippen LogP contribution is 2.43. The molecule has 0 saturated heterocycles. The minimum absolute atomic E-state index is 0.0927. The van der Waals surface area contributed by atoms with Crippen LogP contribution >= 0.6 is 7.82 Å². The minimum atomic E-state index is -4.27. The third-order valence-electron chi connectivity index (χ3n) is 10.7. The van der Waals surface area contributed by atoms with Gasteiger partial charge in [0.15, 0.2) is 0 Å². The van der Waals surface area contributed by atoms with Crippen molar-refractivity contribution in [3.63, 3.8) is 0 Å². The van der Waals surface area contributed by atoms with Gasteiger partial charge in [-0.25, -0.2) is 4.57 Å². The Morgan fingerprint density at radius 1 is 0.518 bits per heavy atom. The molecule has 3 N–H and O–H groups in total. The third kappa shape index (κ3) is 44.3. The molecule has 0 aliphatic rings. The first-order valence-corrected chi connectivity index (χ1v) is 25.7. The number of unbranched alkanes of at least 4 members (excludes halogenated alkanes) is 32. The molecule has 2 atom stereocenters. The van der Waals surface area contributed by atoms with E-state index in [0.717, 1.165) is 32.1 Å². The molecular formula is C47H94NO7P. The molecule has 0 aliphatic carbocycles. The molecule has 0 rings (SSSR count). The lowest BCUT2D eigenvalue weighted by molar-refractivity contribution is -0.154. The molecule has 0 heterocycles. The van der Waals surface area contributed by atoms with Gasteiger partial charge in [-0.3, -0.25) is 13.8 Å². The molecule has 0 saturated carbocycles. The van der Waals surface area contributed by atoms with Gasteiger partial charge in [0.2, 0.25) is 0 Å². The lowest BCUT2D eigenvalue weighted by Gasteiger charge is -2.20. The van der Waals surface area contributed by atoms with Crippen LogP contribution in [0.3, 0.4) is 0 Å². The first-order valence-electron chi connectivity index (χ1n) is 24.2. The molecule has 0 fully saturated rings. The Morgan fingerprint density at radius 2 is 0.893 bits per heavy atom. The Bertz CT molecular complexity index is 873. The molecule has 0 amide bonds. The van der Waals surface area contributed by atoms with E-state index in [0.29, 0.717) is 13.0 Å². The number of nitrogens with two attached hydrogens (primary N) is 1. The molecule has 2 unspecified atom stereocenters. The summed E-state index contributed by atoms with van der Waals surface area (Å²) in [6.07, 6.45) is 49.5. The number of ether oxygens (including phenoxy) is 2. The highest BCUT2D eigenvalue weighted by Gasteiger charge is 2.25. The number of allylic oxidation sites excluding steroid dienone is 2. The van der Waals surface area contributed by atoms with Crippen molar-refractivity contribution in [2.45, 2.75) is 251 Å².